The van der Waals surface area contributed by atoms with Gasteiger partial charge in [-0.05, 0) is 35.7 Å². The molecule has 1 aromatic heterocycles. The number of benzene rings is 2. The topological polar surface area (TPSA) is 139 Å². The predicted molar refractivity (Wildman–Crippen MR) is 143 cm³/mol. The van der Waals surface area contributed by atoms with Crippen LogP contribution in [0.25, 0.3) is 5.69 Å². The van der Waals surface area contributed by atoms with E-state index in [1.54, 1.807) is 18.2 Å². The lowest BCUT2D eigenvalue weighted by Crippen LogP contribution is -2.32. The van der Waals surface area contributed by atoms with Crippen LogP contribution in [0.2, 0.25) is 0 Å². The summed E-state index contributed by atoms with van der Waals surface area (Å²) in [6.07, 6.45) is 2.30. The fourth-order valence-electron chi connectivity index (χ4n) is 3.64. The maximum Gasteiger partial charge on any atom is 0.332 e. The fourth-order valence-corrected chi connectivity index (χ4v) is 4.19. The highest BCUT2D eigenvalue weighted by Gasteiger charge is 2.23. The zero-order valence-corrected chi connectivity index (χ0v) is 22.2. The van der Waals surface area contributed by atoms with E-state index in [9.17, 15) is 22.8 Å². The molecule has 37 heavy (non-hydrogen) atoms. The molecule has 0 bridgehead atoms. The van der Waals surface area contributed by atoms with Crippen molar-refractivity contribution in [3.05, 3.63) is 80.1 Å². The van der Waals surface area contributed by atoms with Crippen molar-refractivity contribution in [3.63, 3.8) is 0 Å². The molecule has 11 heteroatoms. The van der Waals surface area contributed by atoms with Crippen LogP contribution in [-0.2, 0) is 20.2 Å². The van der Waals surface area contributed by atoms with Gasteiger partial charge < -0.3 is 15.0 Å². The number of aromatic amines is 1. The molecule has 3 N–H and O–H groups in total. The first-order valence-electron chi connectivity index (χ1n) is 11.1. The Bertz CT molecular complexity index is 1620. The molecule has 0 saturated carbocycles. The molecule has 194 valence electrons. The van der Waals surface area contributed by atoms with Gasteiger partial charge >= 0.3 is 5.69 Å². The van der Waals surface area contributed by atoms with Gasteiger partial charge in [0.2, 0.25) is 15.9 Å². The molecule has 0 saturated heterocycles. The minimum absolute atomic E-state index is 0.258. The molecule has 0 aliphatic heterocycles. The van der Waals surface area contributed by atoms with E-state index in [2.05, 4.69) is 26.9 Å². The van der Waals surface area contributed by atoms with Gasteiger partial charge in [0.25, 0.3) is 5.56 Å². The van der Waals surface area contributed by atoms with Gasteiger partial charge in [-0.3, -0.25) is 14.3 Å². The highest BCUT2D eigenvalue weighted by Crippen LogP contribution is 2.35. The lowest BCUT2D eigenvalue weighted by atomic mass is 9.84. The van der Waals surface area contributed by atoms with E-state index in [0.29, 0.717) is 28.3 Å². The second-order valence-corrected chi connectivity index (χ2v) is 11.1. The van der Waals surface area contributed by atoms with Crippen molar-refractivity contribution in [1.29, 1.82) is 0 Å². The quantitative estimate of drug-likeness (QED) is 0.439. The second-order valence-electron chi connectivity index (χ2n) is 9.35. The first-order valence-corrected chi connectivity index (χ1v) is 13.0. The monoisotopic (exact) mass is 524 g/mol. The van der Waals surface area contributed by atoms with Crippen molar-refractivity contribution in [2.75, 3.05) is 23.4 Å². The van der Waals surface area contributed by atoms with Crippen LogP contribution in [0.1, 0.15) is 44.4 Å². The van der Waals surface area contributed by atoms with E-state index in [-0.39, 0.29) is 11.6 Å². The molecule has 2 aromatic carbocycles. The molecule has 0 radical (unpaired) electrons. The third-order valence-corrected chi connectivity index (χ3v) is 5.77. The summed E-state index contributed by atoms with van der Waals surface area (Å²) in [5, 5.41) is 2.65. The Morgan fingerprint density at radius 2 is 1.73 bits per heavy atom. The smallest absolute Gasteiger partial charge is 0.332 e. The number of nitrogens with zero attached hydrogens (tertiary/aromatic N) is 1. The van der Waals surface area contributed by atoms with Crippen molar-refractivity contribution in [2.24, 2.45) is 0 Å². The maximum atomic E-state index is 12.5. The summed E-state index contributed by atoms with van der Waals surface area (Å²) in [7, 11) is -2.02. The number of sulfonamides is 1. The maximum absolute atomic E-state index is 12.5. The number of methoxy groups -OCH3 is 1. The largest absolute Gasteiger partial charge is 0.495 e. The number of aromatic nitrogens is 2. The summed E-state index contributed by atoms with van der Waals surface area (Å²) in [4.78, 5) is 39.3. The van der Waals surface area contributed by atoms with Gasteiger partial charge in [0.15, 0.2) is 0 Å². The predicted octanol–water partition coefficient (Wildman–Crippen LogP) is 2.56. The van der Waals surface area contributed by atoms with E-state index in [1.807, 2.05) is 20.8 Å². The number of amides is 1. The molecule has 0 unspecified atom stereocenters. The van der Waals surface area contributed by atoms with Gasteiger partial charge in [0.1, 0.15) is 5.75 Å². The van der Waals surface area contributed by atoms with Crippen LogP contribution in [0.15, 0.2) is 52.2 Å². The zero-order chi connectivity index (χ0) is 27.5. The third-order valence-electron chi connectivity index (χ3n) is 5.17. The Kier molecular flexibility index (Phi) is 7.64. The van der Waals surface area contributed by atoms with Gasteiger partial charge in [-0.2, -0.15) is 0 Å². The van der Waals surface area contributed by atoms with Crippen LogP contribution in [0.5, 0.6) is 5.75 Å². The summed E-state index contributed by atoms with van der Waals surface area (Å²) < 4.78 is 32.3. The van der Waals surface area contributed by atoms with Gasteiger partial charge in [-0.1, -0.05) is 32.6 Å². The summed E-state index contributed by atoms with van der Waals surface area (Å²) in [5.74, 6) is 6.13. The molecule has 1 heterocycles. The number of nitrogens with one attached hydrogen (secondary N) is 3. The van der Waals surface area contributed by atoms with Gasteiger partial charge in [-0.25, -0.2) is 17.8 Å². The fraction of sp³-hybridized carbons (Fsp3) is 0.269. The molecule has 1 amide bonds. The average molecular weight is 525 g/mol. The number of rotatable bonds is 5. The molecule has 0 spiro atoms. The van der Waals surface area contributed by atoms with Crippen LogP contribution < -0.4 is 26.0 Å². The Labute approximate surface area is 214 Å². The number of hydrogen-bond acceptors (Lipinski definition) is 6. The molecule has 0 atom stereocenters. The summed E-state index contributed by atoms with van der Waals surface area (Å²) in [5.41, 5.74) is 0.889. The minimum Gasteiger partial charge on any atom is -0.495 e. The molecular formula is C26H28N4O6S. The van der Waals surface area contributed by atoms with Gasteiger partial charge in [-0.15, -0.1) is 0 Å². The van der Waals surface area contributed by atoms with Crippen molar-refractivity contribution >= 4 is 27.3 Å². The van der Waals surface area contributed by atoms with Crippen LogP contribution in [0.3, 0.4) is 0 Å². The highest BCUT2D eigenvalue weighted by atomic mass is 32.2. The average Bonchev–Trinajstić information content (AvgIpc) is 2.76. The SMILES string of the molecule is COc1c(C#Cc2ccc(NS(C)(=O)=O)cc2NC(C)=O)cc(-n2c(=O)cc[nH]c2=O)cc1C(C)(C)C. The van der Waals surface area contributed by atoms with Crippen molar-refractivity contribution in [3.8, 4) is 23.3 Å². The van der Waals surface area contributed by atoms with E-state index < -0.39 is 26.7 Å². The molecular weight excluding hydrogens is 496 g/mol. The Morgan fingerprint density at radius 3 is 2.30 bits per heavy atom. The molecule has 3 rings (SSSR count). The first-order chi connectivity index (χ1) is 17.2. The Morgan fingerprint density at radius 1 is 1.05 bits per heavy atom. The van der Waals surface area contributed by atoms with Crippen molar-refractivity contribution < 1.29 is 17.9 Å². The van der Waals surface area contributed by atoms with E-state index in [0.717, 1.165) is 16.4 Å². The van der Waals surface area contributed by atoms with Gasteiger partial charge in [0.05, 0.1) is 36.0 Å². The van der Waals surface area contributed by atoms with Gasteiger partial charge in [0, 0.05) is 30.3 Å². The zero-order valence-electron chi connectivity index (χ0n) is 21.3. The summed E-state index contributed by atoms with van der Waals surface area (Å²) in [6.45, 7) is 7.22. The normalized spacial score (nSPS) is 11.3. The summed E-state index contributed by atoms with van der Waals surface area (Å²) in [6, 6.07) is 9.10. The van der Waals surface area contributed by atoms with Crippen molar-refractivity contribution in [1.82, 2.24) is 9.55 Å². The number of anilines is 2. The Balaban J connectivity index is 2.26. The van der Waals surface area contributed by atoms with E-state index >= 15 is 0 Å². The lowest BCUT2D eigenvalue weighted by Gasteiger charge is -2.24. The molecule has 0 aliphatic carbocycles. The van der Waals surface area contributed by atoms with E-state index in [4.69, 9.17) is 4.74 Å². The number of ether oxygens (including phenoxy) is 1. The van der Waals surface area contributed by atoms with Crippen LogP contribution >= 0.6 is 0 Å². The molecule has 0 fully saturated rings. The standard InChI is InChI=1S/C26H28N4O6S/c1-16(31)28-22-14-19(29-37(6,34)35)10-9-17(22)7-8-18-13-20(30-23(32)11-12-27-25(30)33)15-21(24(18)36-5)26(2,3)4/h9-15,29H,1-6H3,(H,27,33)(H,28,31). The summed E-state index contributed by atoms with van der Waals surface area (Å²) >= 11 is 0. The highest BCUT2D eigenvalue weighted by molar-refractivity contribution is 7.92. The molecule has 3 aromatic rings. The Hall–Kier alpha value is -4.30. The van der Waals surface area contributed by atoms with E-state index in [1.165, 1.54) is 38.4 Å². The molecule has 10 nitrogen and oxygen atoms in total. The number of H-pyrrole nitrogens is 1. The minimum atomic E-state index is -3.53. The third kappa shape index (κ3) is 6.68. The number of carbonyl (C=O) groups is 1. The van der Waals surface area contributed by atoms with Crippen molar-refractivity contribution in [2.45, 2.75) is 33.1 Å². The second kappa shape index (κ2) is 10.4. The van der Waals surface area contributed by atoms with Crippen LogP contribution in [0.4, 0.5) is 11.4 Å². The lowest BCUT2D eigenvalue weighted by molar-refractivity contribution is -0.114. The number of hydrogen-bond donors (Lipinski definition) is 3. The van der Waals surface area contributed by atoms with Crippen LogP contribution in [0, 0.1) is 11.8 Å². The van der Waals surface area contributed by atoms with Crippen LogP contribution in [-0.4, -0.2) is 37.2 Å². The number of carbonyl (C=O) groups excluding carboxylic acids is 1. The first kappa shape index (κ1) is 27.3. The molecule has 0 aliphatic rings.